The molecule has 4 radical (unpaired) electrons. The van der Waals surface area contributed by atoms with E-state index in [9.17, 15) is 19.2 Å². The molecule has 12 rings (SSSR count). The van der Waals surface area contributed by atoms with Crippen molar-refractivity contribution >= 4 is 23.1 Å². The Labute approximate surface area is 710 Å². The fourth-order valence-corrected chi connectivity index (χ4v) is 10.5. The molecule has 0 saturated heterocycles. The summed E-state index contributed by atoms with van der Waals surface area (Å²) < 4.78 is 0. The zero-order valence-electron chi connectivity index (χ0n) is 65.0. The summed E-state index contributed by atoms with van der Waals surface area (Å²) >= 11 is 0. The minimum Gasteiger partial charge on any atom is -0.512 e. The number of rotatable bonds is 12. The number of aryl methyl sites for hydroxylation is 7. The monoisotopic (exact) mass is 2190 g/mol. The zero-order chi connectivity index (χ0) is 78.4. The van der Waals surface area contributed by atoms with Crippen molar-refractivity contribution in [2.24, 2.45) is 0 Å². The molecule has 0 aliphatic carbocycles. The Bertz CT molecular complexity index is 4840. The van der Waals surface area contributed by atoms with E-state index in [1.54, 1.807) is 0 Å². The summed E-state index contributed by atoms with van der Waals surface area (Å²) in [6, 6.07) is 89.5. The van der Waals surface area contributed by atoms with Gasteiger partial charge in [-0.25, -0.2) is 0 Å². The van der Waals surface area contributed by atoms with Gasteiger partial charge in [-0.15, -0.1) is 143 Å². The van der Waals surface area contributed by atoms with Crippen molar-refractivity contribution in [3.05, 3.63) is 360 Å². The Balaban J connectivity index is 0.000000657. The molecular formula is C95H94Ir4N4O8-4. The SMILES string of the molecule is CC(=O)C=C(C)O.CC(=O)C=C(C)O.CC(=O)C=C(C)O.CC(=O)C=C(C)O.Cc1cc(C)cc(-c2cnc(-c3[c-]cccc3)cc2C)c1.Cc1cc[c-]c(-c2cc(-c3ccccc3)ccn2)c1.Cc1ccc(-c2ccnc(-c3[c-]cccc3)c2)c(C)c1.Cc1ccc(-c2ccnc(-c3[c-]cccc3)c2)cc1.[Ir].[Ir].[Ir].[Ir]. The molecule has 0 atom stereocenters. The molecule has 582 valence electrons. The van der Waals surface area contributed by atoms with Crippen molar-refractivity contribution in [3.8, 4) is 89.5 Å². The Morgan fingerprint density at radius 3 is 1.00 bits per heavy atom. The minimum atomic E-state index is -0.125. The Hall–Kier alpha value is -10.2. The average Bonchev–Trinajstić information content (AvgIpc) is 0.832. The van der Waals surface area contributed by atoms with Crippen LogP contribution in [-0.4, -0.2) is 63.5 Å². The first-order chi connectivity index (χ1) is 51.0. The first kappa shape index (κ1) is 98.8. The molecular weight excluding hydrogens is 2090 g/mol. The van der Waals surface area contributed by atoms with E-state index in [2.05, 4.69) is 202 Å². The van der Waals surface area contributed by atoms with Gasteiger partial charge in [-0.1, -0.05) is 144 Å². The standard InChI is InChI=1S/C20H18N.C19H16N.2C18H14N.4C5H8O2.4Ir/c1-14-9-15(2)11-18(10-14)19-13-21-20(12-16(19)3)17-7-5-4-6-8-17;1-14-8-9-18(15(2)12-14)17-10-11-20-19(13-17)16-6-4-3-5-7-16;1-14-6-5-9-17(12-14)18-13-16(10-11-19-18)15-7-3-2-4-8-15;1-14-7-9-15(10-8-14)17-11-12-19-18(13-17)16-5-3-2-4-6-16;4*1-4(6)3-5(2)7;;;;/h4-7,9-13H,1-3H3;3-6,8-13H,1-2H3;2-8,10-13H,1H3;2-5,7-13H,1H3;4*3,6H,1-2H3;;;;/q4*-1;;;;;;;;. The number of carbonyl (C=O) groups excluding carboxylic acids is 4. The van der Waals surface area contributed by atoms with Crippen molar-refractivity contribution in [1.82, 2.24) is 19.9 Å². The number of aliphatic hydroxyl groups excluding tert-OH is 4. The van der Waals surface area contributed by atoms with Crippen LogP contribution in [-0.2, 0) is 99.6 Å². The number of allylic oxidation sites excluding steroid dienone is 8. The maximum absolute atomic E-state index is 10.0. The van der Waals surface area contributed by atoms with Gasteiger partial charge in [0.15, 0.2) is 23.1 Å². The number of hydrogen-bond donors (Lipinski definition) is 4. The smallest absolute Gasteiger partial charge is 0.155 e. The molecule has 4 heterocycles. The summed E-state index contributed by atoms with van der Waals surface area (Å²) in [7, 11) is 0. The van der Waals surface area contributed by atoms with Crippen LogP contribution < -0.4 is 0 Å². The van der Waals surface area contributed by atoms with Crippen LogP contribution in [0.2, 0.25) is 0 Å². The molecule has 8 aromatic carbocycles. The first-order valence-electron chi connectivity index (χ1n) is 34.6. The Morgan fingerprint density at radius 1 is 0.279 bits per heavy atom. The van der Waals surface area contributed by atoms with Gasteiger partial charge < -0.3 is 40.4 Å². The molecule has 0 spiro atoms. The number of nitrogens with zero attached hydrogens (tertiary/aromatic N) is 4. The van der Waals surface area contributed by atoms with E-state index >= 15 is 0 Å². The third-order valence-corrected chi connectivity index (χ3v) is 14.9. The van der Waals surface area contributed by atoms with Gasteiger partial charge in [0, 0.05) is 135 Å². The predicted molar refractivity (Wildman–Crippen MR) is 437 cm³/mol. The van der Waals surface area contributed by atoms with Crippen LogP contribution in [0, 0.1) is 72.7 Å². The fraction of sp³-hybridized carbons (Fsp3) is 0.158. The number of aromatic nitrogens is 4. The Kier molecular flexibility index (Phi) is 47.0. The largest absolute Gasteiger partial charge is 0.512 e. The molecule has 0 bridgehead atoms. The quantitative estimate of drug-likeness (QED) is 0.0513. The van der Waals surface area contributed by atoms with E-state index in [1.807, 2.05) is 140 Å². The summed E-state index contributed by atoms with van der Waals surface area (Å²) in [6.07, 6.45) is 12.2. The van der Waals surface area contributed by atoms with Crippen molar-refractivity contribution in [1.29, 1.82) is 0 Å². The van der Waals surface area contributed by atoms with Gasteiger partial charge in [-0.05, 0) is 188 Å². The third kappa shape index (κ3) is 38.3. The molecule has 0 amide bonds. The van der Waals surface area contributed by atoms with E-state index in [1.165, 1.54) is 163 Å². The fourth-order valence-electron chi connectivity index (χ4n) is 10.5. The van der Waals surface area contributed by atoms with Crippen molar-refractivity contribution < 1.29 is 120 Å². The molecule has 12 nitrogen and oxygen atoms in total. The molecule has 0 unspecified atom stereocenters. The van der Waals surface area contributed by atoms with Gasteiger partial charge in [0.2, 0.25) is 0 Å². The van der Waals surface area contributed by atoms with Crippen LogP contribution in [0.1, 0.15) is 94.3 Å². The summed E-state index contributed by atoms with van der Waals surface area (Å²) in [5, 5.41) is 33.5. The van der Waals surface area contributed by atoms with Gasteiger partial charge in [0.1, 0.15) is 0 Å². The third-order valence-electron chi connectivity index (χ3n) is 14.9. The molecule has 4 aromatic heterocycles. The van der Waals surface area contributed by atoms with Crippen LogP contribution >= 0.6 is 0 Å². The minimum absolute atomic E-state index is 0. The number of benzene rings is 8. The molecule has 0 aliphatic heterocycles. The van der Waals surface area contributed by atoms with Gasteiger partial charge in [0.05, 0.1) is 23.0 Å². The van der Waals surface area contributed by atoms with E-state index in [0.29, 0.717) is 0 Å². The number of hydrogen-bond acceptors (Lipinski definition) is 12. The summed E-state index contributed by atoms with van der Waals surface area (Å²) in [6.45, 7) is 26.2. The van der Waals surface area contributed by atoms with Crippen LogP contribution in [0.25, 0.3) is 89.5 Å². The van der Waals surface area contributed by atoms with Gasteiger partial charge in [-0.3, -0.25) is 19.2 Å². The zero-order valence-corrected chi connectivity index (χ0v) is 74.6. The maximum atomic E-state index is 10.0. The van der Waals surface area contributed by atoms with Crippen LogP contribution in [0.3, 0.4) is 0 Å². The molecule has 0 fully saturated rings. The second kappa shape index (κ2) is 52.8. The molecule has 4 N–H and O–H groups in total. The van der Waals surface area contributed by atoms with Crippen molar-refractivity contribution in [2.45, 2.75) is 104 Å². The number of aliphatic hydroxyl groups is 4. The van der Waals surface area contributed by atoms with Gasteiger partial charge in [-0.2, -0.15) is 0 Å². The normalized spacial score (nSPS) is 10.3. The van der Waals surface area contributed by atoms with E-state index < -0.39 is 0 Å². The van der Waals surface area contributed by atoms with E-state index in [4.69, 9.17) is 20.4 Å². The number of carbonyl (C=O) groups is 4. The molecule has 0 aliphatic rings. The predicted octanol–water partition coefficient (Wildman–Crippen LogP) is 23.2. The Morgan fingerprint density at radius 2 is 0.631 bits per heavy atom. The average molecular weight is 2190 g/mol. The first-order valence-corrected chi connectivity index (χ1v) is 34.6. The topological polar surface area (TPSA) is 201 Å². The van der Waals surface area contributed by atoms with E-state index in [0.717, 1.165) is 45.0 Å². The van der Waals surface area contributed by atoms with E-state index in [-0.39, 0.29) is 127 Å². The second-order valence-corrected chi connectivity index (χ2v) is 25.3. The van der Waals surface area contributed by atoms with Gasteiger partial charge in [0.25, 0.3) is 0 Å². The van der Waals surface area contributed by atoms with Crippen LogP contribution in [0.4, 0.5) is 0 Å². The second-order valence-electron chi connectivity index (χ2n) is 25.3. The molecule has 16 heteroatoms. The number of pyridine rings is 4. The number of ketones is 4. The maximum Gasteiger partial charge on any atom is 0.155 e. The van der Waals surface area contributed by atoms with Gasteiger partial charge >= 0.3 is 0 Å². The van der Waals surface area contributed by atoms with Crippen molar-refractivity contribution in [2.75, 3.05) is 0 Å². The molecule has 111 heavy (non-hydrogen) atoms. The van der Waals surface area contributed by atoms with Crippen LogP contribution in [0.15, 0.2) is 297 Å². The molecule has 12 aromatic rings. The summed E-state index contributed by atoms with van der Waals surface area (Å²) in [5.74, 6) is -0.250. The van der Waals surface area contributed by atoms with Crippen LogP contribution in [0.5, 0.6) is 0 Å². The van der Waals surface area contributed by atoms with Crippen molar-refractivity contribution in [3.63, 3.8) is 0 Å². The summed E-state index contributed by atoms with van der Waals surface area (Å²) in [4.78, 5) is 58.0. The summed E-state index contributed by atoms with van der Waals surface area (Å²) in [5.41, 5.74) is 26.5. The molecule has 0 saturated carbocycles.